The zero-order valence-corrected chi connectivity index (χ0v) is 13.1. The molecule has 1 fully saturated rings. The average Bonchev–Trinajstić information content (AvgIpc) is 2.25. The Bertz CT molecular complexity index is 247. The molecule has 0 atom stereocenters. The van der Waals surface area contributed by atoms with Crippen molar-refractivity contribution < 1.29 is 9.22 Å². The van der Waals surface area contributed by atoms with Crippen LogP contribution in [-0.2, 0) is 9.22 Å². The van der Waals surface area contributed by atoms with E-state index < -0.39 is 8.32 Å². The molecule has 0 N–H and O–H groups in total. The highest BCUT2D eigenvalue weighted by atomic mass is 28.4. The summed E-state index contributed by atoms with van der Waals surface area (Å²) in [5.74, 6) is 0.999. The molecule has 1 aliphatic carbocycles. The van der Waals surface area contributed by atoms with Crippen molar-refractivity contribution in [3.05, 3.63) is 0 Å². The van der Waals surface area contributed by atoms with E-state index in [1.165, 1.54) is 0 Å². The highest BCUT2D eigenvalue weighted by Gasteiger charge is 2.37. The van der Waals surface area contributed by atoms with Gasteiger partial charge >= 0.3 is 0 Å². The van der Waals surface area contributed by atoms with E-state index in [1.807, 2.05) is 0 Å². The average molecular weight is 256 g/mol. The third-order valence-corrected chi connectivity index (χ3v) is 9.07. The maximum absolute atomic E-state index is 10.7. The second-order valence-corrected chi connectivity index (χ2v) is 11.8. The van der Waals surface area contributed by atoms with E-state index >= 15 is 0 Å². The third-order valence-electron chi connectivity index (χ3n) is 4.57. The van der Waals surface area contributed by atoms with Crippen LogP contribution in [-0.4, -0.2) is 21.2 Å². The van der Waals surface area contributed by atoms with Crippen molar-refractivity contribution >= 4 is 14.6 Å². The molecular formula is C14H28O2Si. The molecule has 100 valence electrons. The van der Waals surface area contributed by atoms with Gasteiger partial charge in [0.25, 0.3) is 0 Å². The summed E-state index contributed by atoms with van der Waals surface area (Å²) in [5, 5.41) is 0.299. The lowest BCUT2D eigenvalue weighted by atomic mass is 9.83. The molecule has 0 radical (unpaired) electrons. The maximum Gasteiger partial charge on any atom is 0.191 e. The molecule has 0 bridgehead atoms. The quantitative estimate of drug-likeness (QED) is 0.561. The van der Waals surface area contributed by atoms with Crippen LogP contribution in [0.1, 0.15) is 46.5 Å². The molecule has 1 rings (SSSR count). The van der Waals surface area contributed by atoms with Gasteiger partial charge in [-0.05, 0) is 49.7 Å². The smallest absolute Gasteiger partial charge is 0.191 e. The zero-order chi connectivity index (χ0) is 13.1. The van der Waals surface area contributed by atoms with E-state index in [2.05, 4.69) is 33.9 Å². The van der Waals surface area contributed by atoms with Crippen LogP contribution in [0.5, 0.6) is 0 Å². The van der Waals surface area contributed by atoms with Crippen LogP contribution in [0.3, 0.4) is 0 Å². The number of hydrogen-bond acceptors (Lipinski definition) is 2. The summed E-state index contributed by atoms with van der Waals surface area (Å²) in [5.41, 5.74) is 0. The zero-order valence-electron chi connectivity index (χ0n) is 12.1. The number of aldehydes is 1. The highest BCUT2D eigenvalue weighted by molar-refractivity contribution is 6.74. The third kappa shape index (κ3) is 4.22. The Morgan fingerprint density at radius 1 is 1.18 bits per heavy atom. The van der Waals surface area contributed by atoms with E-state index in [-0.39, 0.29) is 0 Å². The lowest BCUT2D eigenvalue weighted by Gasteiger charge is -2.38. The first kappa shape index (κ1) is 14.9. The lowest BCUT2D eigenvalue weighted by molar-refractivity contribution is -0.112. The fraction of sp³-hybridized carbons (Fsp3) is 0.929. The molecule has 1 saturated carbocycles. The van der Waals surface area contributed by atoms with Gasteiger partial charge in [-0.15, -0.1) is 0 Å². The van der Waals surface area contributed by atoms with Crippen LogP contribution >= 0.6 is 0 Å². The van der Waals surface area contributed by atoms with Crippen molar-refractivity contribution in [1.82, 2.24) is 0 Å². The minimum absolute atomic E-state index is 0.299. The summed E-state index contributed by atoms with van der Waals surface area (Å²) in [6.07, 6.45) is 5.59. The van der Waals surface area contributed by atoms with Gasteiger partial charge in [0.1, 0.15) is 6.29 Å². The van der Waals surface area contributed by atoms with Gasteiger partial charge in [0, 0.05) is 12.5 Å². The van der Waals surface area contributed by atoms with E-state index in [0.717, 1.165) is 38.6 Å². The van der Waals surface area contributed by atoms with Gasteiger partial charge in [0.05, 0.1) is 0 Å². The first-order valence-corrected chi connectivity index (χ1v) is 9.76. The van der Waals surface area contributed by atoms with Crippen molar-refractivity contribution in [3.8, 4) is 0 Å². The summed E-state index contributed by atoms with van der Waals surface area (Å²) >= 11 is 0. The fourth-order valence-electron chi connectivity index (χ4n) is 2.03. The van der Waals surface area contributed by atoms with Gasteiger partial charge in [-0.25, -0.2) is 0 Å². The van der Waals surface area contributed by atoms with Crippen LogP contribution < -0.4 is 0 Å². The summed E-state index contributed by atoms with van der Waals surface area (Å²) in [4.78, 5) is 10.7. The predicted octanol–water partition coefficient (Wildman–Crippen LogP) is 4.01. The molecule has 0 aromatic heterocycles. The summed E-state index contributed by atoms with van der Waals surface area (Å²) in [6, 6.07) is 0. The molecule has 0 heterocycles. The second kappa shape index (κ2) is 5.66. The van der Waals surface area contributed by atoms with Crippen molar-refractivity contribution in [2.24, 2.45) is 11.8 Å². The van der Waals surface area contributed by atoms with Gasteiger partial charge in [0.15, 0.2) is 8.32 Å². The standard InChI is InChI=1S/C14H28O2Si/c1-14(2,3)17(4,5)16-11-13-8-6-12(10-15)7-9-13/h10,12-13H,6-9,11H2,1-5H3/t12-,13+. The van der Waals surface area contributed by atoms with Gasteiger partial charge in [-0.1, -0.05) is 20.8 Å². The Morgan fingerprint density at radius 2 is 1.71 bits per heavy atom. The molecule has 1 aliphatic rings. The molecule has 0 aromatic rings. The minimum Gasteiger partial charge on any atom is -0.417 e. The monoisotopic (exact) mass is 256 g/mol. The fourth-order valence-corrected chi connectivity index (χ4v) is 3.12. The number of carbonyl (C=O) groups excluding carboxylic acids is 1. The first-order valence-electron chi connectivity index (χ1n) is 6.85. The Balaban J connectivity index is 2.35. The van der Waals surface area contributed by atoms with E-state index in [0.29, 0.717) is 16.9 Å². The maximum atomic E-state index is 10.7. The van der Waals surface area contributed by atoms with Gasteiger partial charge in [-0.3, -0.25) is 0 Å². The van der Waals surface area contributed by atoms with Crippen LogP contribution in [0.4, 0.5) is 0 Å². The molecule has 0 aliphatic heterocycles. The molecule has 0 aromatic carbocycles. The molecule has 17 heavy (non-hydrogen) atoms. The van der Waals surface area contributed by atoms with Crippen LogP contribution in [0.25, 0.3) is 0 Å². The highest BCUT2D eigenvalue weighted by Crippen LogP contribution is 2.37. The molecular weight excluding hydrogens is 228 g/mol. The largest absolute Gasteiger partial charge is 0.417 e. The Morgan fingerprint density at radius 3 is 2.12 bits per heavy atom. The lowest BCUT2D eigenvalue weighted by Crippen LogP contribution is -2.42. The summed E-state index contributed by atoms with van der Waals surface area (Å²) in [7, 11) is -1.58. The molecule has 0 unspecified atom stereocenters. The molecule has 0 saturated heterocycles. The van der Waals surface area contributed by atoms with Gasteiger partial charge < -0.3 is 9.22 Å². The predicted molar refractivity (Wildman–Crippen MR) is 74.7 cm³/mol. The topological polar surface area (TPSA) is 26.3 Å². The van der Waals surface area contributed by atoms with Crippen molar-refractivity contribution in [2.45, 2.75) is 64.6 Å². The molecule has 2 nitrogen and oxygen atoms in total. The van der Waals surface area contributed by atoms with Crippen LogP contribution in [0.2, 0.25) is 18.1 Å². The Kier molecular flexibility index (Phi) is 4.96. The number of hydrogen-bond donors (Lipinski definition) is 0. The Labute approximate surface area is 107 Å². The van der Waals surface area contributed by atoms with E-state index in [1.54, 1.807) is 0 Å². The number of rotatable bonds is 4. The summed E-state index contributed by atoms with van der Waals surface area (Å²) < 4.78 is 6.25. The molecule has 3 heteroatoms. The minimum atomic E-state index is -1.58. The van der Waals surface area contributed by atoms with E-state index in [9.17, 15) is 4.79 Å². The SMILES string of the molecule is CC(C)(C)[Si](C)(C)OC[C@H]1CC[C@@H](C=O)CC1. The van der Waals surface area contributed by atoms with Crippen molar-refractivity contribution in [3.63, 3.8) is 0 Å². The van der Waals surface area contributed by atoms with Crippen LogP contribution in [0.15, 0.2) is 0 Å². The van der Waals surface area contributed by atoms with Crippen molar-refractivity contribution in [2.75, 3.05) is 6.61 Å². The number of carbonyl (C=O) groups is 1. The second-order valence-electron chi connectivity index (χ2n) is 6.99. The molecule has 0 amide bonds. The normalized spacial score (nSPS) is 26.9. The van der Waals surface area contributed by atoms with Gasteiger partial charge in [0.2, 0.25) is 0 Å². The Hall–Kier alpha value is -0.153. The molecule has 0 spiro atoms. The first-order chi connectivity index (χ1) is 7.76. The summed E-state index contributed by atoms with van der Waals surface area (Å²) in [6.45, 7) is 12.4. The van der Waals surface area contributed by atoms with Gasteiger partial charge in [-0.2, -0.15) is 0 Å². The van der Waals surface area contributed by atoms with E-state index in [4.69, 9.17) is 4.43 Å². The van der Waals surface area contributed by atoms with Crippen molar-refractivity contribution in [1.29, 1.82) is 0 Å². The van der Waals surface area contributed by atoms with Crippen LogP contribution in [0, 0.1) is 11.8 Å².